The Kier molecular flexibility index (Phi) is 3.98. The molecule has 0 saturated carbocycles. The van der Waals surface area contributed by atoms with E-state index >= 15 is 0 Å². The summed E-state index contributed by atoms with van der Waals surface area (Å²) in [7, 11) is 0. The molecule has 0 atom stereocenters. The number of benzene rings is 2. The second-order valence-corrected chi connectivity index (χ2v) is 7.49. The van der Waals surface area contributed by atoms with E-state index < -0.39 is 5.97 Å². The van der Waals surface area contributed by atoms with E-state index in [9.17, 15) is 9.90 Å². The second-order valence-electron chi connectivity index (χ2n) is 6.40. The van der Waals surface area contributed by atoms with Gasteiger partial charge in [-0.25, -0.2) is 9.78 Å². The molecular weight excluding hydrogens is 374 g/mol. The van der Waals surface area contributed by atoms with Crippen molar-refractivity contribution in [2.45, 2.75) is 0 Å². The standard InChI is InChI=1S/C22H15NO4S/c24-22(25)15-10-17(21-7-6-20(28-21)13-4-2-1-3-5-13)23-16-12-19-18(11-14(15)16)26-8-9-27-19/h1-7,10-12H,8-9H2,(H,24,25). The Labute approximate surface area is 164 Å². The Morgan fingerprint density at radius 3 is 2.39 bits per heavy atom. The average molecular weight is 389 g/mol. The zero-order valence-electron chi connectivity index (χ0n) is 14.7. The zero-order valence-corrected chi connectivity index (χ0v) is 15.5. The Hall–Kier alpha value is -3.38. The highest BCUT2D eigenvalue weighted by molar-refractivity contribution is 7.18. The number of carboxylic acid groups (broad SMARTS) is 1. The summed E-state index contributed by atoms with van der Waals surface area (Å²) in [4.78, 5) is 18.6. The van der Waals surface area contributed by atoms with Crippen LogP contribution in [0.25, 0.3) is 31.9 Å². The highest BCUT2D eigenvalue weighted by atomic mass is 32.1. The zero-order chi connectivity index (χ0) is 19.1. The molecule has 0 radical (unpaired) electrons. The van der Waals surface area contributed by atoms with Crippen molar-refractivity contribution in [3.05, 3.63) is 66.2 Å². The lowest BCUT2D eigenvalue weighted by atomic mass is 10.1. The number of hydrogen-bond acceptors (Lipinski definition) is 5. The summed E-state index contributed by atoms with van der Waals surface area (Å²) in [6.45, 7) is 0.916. The summed E-state index contributed by atoms with van der Waals surface area (Å²) in [6, 6.07) is 19.2. The first-order valence-electron chi connectivity index (χ1n) is 8.82. The molecule has 4 aromatic rings. The molecule has 0 unspecified atom stereocenters. The van der Waals surface area contributed by atoms with Gasteiger partial charge in [0.25, 0.3) is 0 Å². The van der Waals surface area contributed by atoms with Gasteiger partial charge in [0, 0.05) is 16.3 Å². The molecule has 2 aromatic carbocycles. The van der Waals surface area contributed by atoms with Gasteiger partial charge in [-0.2, -0.15) is 0 Å². The van der Waals surface area contributed by atoms with Gasteiger partial charge in [0.15, 0.2) is 11.5 Å². The number of thiophene rings is 1. The van der Waals surface area contributed by atoms with Gasteiger partial charge in [-0.15, -0.1) is 11.3 Å². The van der Waals surface area contributed by atoms with Crippen LogP contribution < -0.4 is 9.47 Å². The maximum absolute atomic E-state index is 11.9. The molecule has 1 aliphatic rings. The van der Waals surface area contributed by atoms with E-state index in [1.165, 1.54) is 0 Å². The van der Waals surface area contributed by atoms with Gasteiger partial charge in [0.05, 0.1) is 21.7 Å². The fraction of sp³-hybridized carbons (Fsp3) is 0.0909. The predicted octanol–water partition coefficient (Wildman–Crippen LogP) is 5.10. The topological polar surface area (TPSA) is 68.7 Å². The molecule has 0 saturated heterocycles. The van der Waals surface area contributed by atoms with Gasteiger partial charge in [-0.3, -0.25) is 0 Å². The Balaban J connectivity index is 1.66. The van der Waals surface area contributed by atoms with Crippen molar-refractivity contribution in [1.82, 2.24) is 4.98 Å². The number of rotatable bonds is 3. The number of aromatic nitrogens is 1. The molecular formula is C22H15NO4S. The lowest BCUT2D eigenvalue weighted by Gasteiger charge is -2.19. The Morgan fingerprint density at radius 1 is 0.929 bits per heavy atom. The van der Waals surface area contributed by atoms with E-state index in [0.717, 1.165) is 15.3 Å². The van der Waals surface area contributed by atoms with Gasteiger partial charge in [-0.1, -0.05) is 30.3 Å². The van der Waals surface area contributed by atoms with E-state index in [1.807, 2.05) is 30.3 Å². The third-order valence-corrected chi connectivity index (χ3v) is 5.78. The maximum Gasteiger partial charge on any atom is 0.336 e. The number of hydrogen-bond donors (Lipinski definition) is 1. The predicted molar refractivity (Wildman–Crippen MR) is 108 cm³/mol. The van der Waals surface area contributed by atoms with Crippen LogP contribution in [0, 0.1) is 0 Å². The molecule has 6 heteroatoms. The summed E-state index contributed by atoms with van der Waals surface area (Å²) in [5.41, 5.74) is 2.53. The van der Waals surface area contributed by atoms with Crippen molar-refractivity contribution in [2.75, 3.05) is 13.2 Å². The number of nitrogens with zero attached hydrogens (tertiary/aromatic N) is 1. The molecule has 28 heavy (non-hydrogen) atoms. The van der Waals surface area contributed by atoms with Crippen LogP contribution >= 0.6 is 11.3 Å². The van der Waals surface area contributed by atoms with Crippen molar-refractivity contribution in [1.29, 1.82) is 0 Å². The van der Waals surface area contributed by atoms with E-state index in [4.69, 9.17) is 14.5 Å². The van der Waals surface area contributed by atoms with Crippen LogP contribution in [0.2, 0.25) is 0 Å². The van der Waals surface area contributed by atoms with Crippen molar-refractivity contribution in [2.24, 2.45) is 0 Å². The molecule has 0 fully saturated rings. The van der Waals surface area contributed by atoms with Crippen LogP contribution in [-0.2, 0) is 0 Å². The first-order valence-corrected chi connectivity index (χ1v) is 9.64. The number of carbonyl (C=O) groups is 1. The lowest BCUT2D eigenvalue weighted by Crippen LogP contribution is -2.15. The van der Waals surface area contributed by atoms with Crippen LogP contribution in [-0.4, -0.2) is 29.3 Å². The van der Waals surface area contributed by atoms with Crippen molar-refractivity contribution in [3.8, 4) is 32.5 Å². The molecule has 5 nitrogen and oxygen atoms in total. The molecule has 0 bridgehead atoms. The van der Waals surface area contributed by atoms with Gasteiger partial charge in [0.1, 0.15) is 13.2 Å². The smallest absolute Gasteiger partial charge is 0.336 e. The van der Waals surface area contributed by atoms with Gasteiger partial charge in [0.2, 0.25) is 0 Å². The van der Waals surface area contributed by atoms with E-state index in [1.54, 1.807) is 29.5 Å². The number of carboxylic acids is 1. The fourth-order valence-corrected chi connectivity index (χ4v) is 4.27. The summed E-state index contributed by atoms with van der Waals surface area (Å²) >= 11 is 1.59. The SMILES string of the molecule is O=C(O)c1cc(-c2ccc(-c3ccccc3)s2)nc2cc3c(cc12)OCCO3. The summed E-state index contributed by atoms with van der Waals surface area (Å²) in [6.07, 6.45) is 0. The number of aromatic carboxylic acids is 1. The summed E-state index contributed by atoms with van der Waals surface area (Å²) < 4.78 is 11.2. The maximum atomic E-state index is 11.9. The minimum absolute atomic E-state index is 0.201. The largest absolute Gasteiger partial charge is 0.486 e. The van der Waals surface area contributed by atoms with Crippen LogP contribution in [0.5, 0.6) is 11.5 Å². The molecule has 0 aliphatic carbocycles. The molecule has 1 aliphatic heterocycles. The van der Waals surface area contributed by atoms with E-state index in [0.29, 0.717) is 41.3 Å². The lowest BCUT2D eigenvalue weighted by molar-refractivity contribution is 0.0699. The van der Waals surface area contributed by atoms with Gasteiger partial charge in [-0.05, 0) is 29.8 Å². The summed E-state index contributed by atoms with van der Waals surface area (Å²) in [5.74, 6) is 0.152. The summed E-state index contributed by atoms with van der Waals surface area (Å²) in [5, 5.41) is 10.3. The Bertz CT molecular complexity index is 1200. The highest BCUT2D eigenvalue weighted by Gasteiger charge is 2.19. The molecule has 3 heterocycles. The van der Waals surface area contributed by atoms with Crippen LogP contribution in [0.1, 0.15) is 10.4 Å². The Morgan fingerprint density at radius 2 is 1.64 bits per heavy atom. The number of ether oxygens (including phenoxy) is 2. The van der Waals surface area contributed by atoms with Crippen LogP contribution in [0.4, 0.5) is 0 Å². The molecule has 1 N–H and O–H groups in total. The minimum atomic E-state index is -0.995. The van der Waals surface area contributed by atoms with Crippen molar-refractivity contribution in [3.63, 3.8) is 0 Å². The van der Waals surface area contributed by atoms with E-state index in [2.05, 4.69) is 12.1 Å². The van der Waals surface area contributed by atoms with Crippen LogP contribution in [0.15, 0.2) is 60.7 Å². The van der Waals surface area contributed by atoms with E-state index in [-0.39, 0.29) is 5.56 Å². The van der Waals surface area contributed by atoms with Gasteiger partial charge < -0.3 is 14.6 Å². The number of fused-ring (bicyclic) bond motifs is 2. The monoisotopic (exact) mass is 389 g/mol. The number of pyridine rings is 1. The van der Waals surface area contributed by atoms with Gasteiger partial charge >= 0.3 is 5.97 Å². The molecule has 5 rings (SSSR count). The fourth-order valence-electron chi connectivity index (χ4n) is 3.30. The highest BCUT2D eigenvalue weighted by Crippen LogP contribution is 2.38. The minimum Gasteiger partial charge on any atom is -0.486 e. The first kappa shape index (κ1) is 16.8. The molecule has 2 aromatic heterocycles. The third-order valence-electron chi connectivity index (χ3n) is 4.62. The van der Waals surface area contributed by atoms with Crippen molar-refractivity contribution >= 4 is 28.2 Å². The third kappa shape index (κ3) is 2.88. The van der Waals surface area contributed by atoms with Crippen LogP contribution in [0.3, 0.4) is 0 Å². The first-order chi connectivity index (χ1) is 13.7. The second kappa shape index (κ2) is 6.65. The van der Waals surface area contributed by atoms with Crippen molar-refractivity contribution < 1.29 is 19.4 Å². The molecule has 0 amide bonds. The molecule has 138 valence electrons. The average Bonchev–Trinajstić information content (AvgIpc) is 3.22. The molecule has 0 spiro atoms. The quantitative estimate of drug-likeness (QED) is 0.528. The normalized spacial score (nSPS) is 12.9.